The molecule has 0 aliphatic rings. The molecule has 0 aliphatic heterocycles. The Balaban J connectivity index is 2.30. The lowest BCUT2D eigenvalue weighted by Gasteiger charge is -2.12. The second-order valence-corrected chi connectivity index (χ2v) is 6.67. The van der Waals surface area contributed by atoms with Crippen LogP contribution < -0.4 is 14.8 Å². The van der Waals surface area contributed by atoms with E-state index in [0.717, 1.165) is 4.47 Å². The van der Waals surface area contributed by atoms with Gasteiger partial charge in [0.2, 0.25) is 0 Å². The minimum atomic E-state index is -1.17. The molecule has 7 nitrogen and oxygen atoms in total. The van der Waals surface area contributed by atoms with E-state index in [1.807, 2.05) is 6.07 Å². The number of anilines is 1. The van der Waals surface area contributed by atoms with Crippen molar-refractivity contribution in [3.8, 4) is 17.6 Å². The summed E-state index contributed by atoms with van der Waals surface area (Å²) < 4.78 is 11.1. The number of nitrogens with one attached hydrogen (secondary N) is 1. The maximum absolute atomic E-state index is 12.4. The number of methoxy groups -OCH3 is 1. The van der Waals surface area contributed by atoms with E-state index in [2.05, 4.69) is 21.2 Å². The molecule has 0 saturated carbocycles. The fraction of sp³-hybridized carbons (Fsp3) is 0.105. The summed E-state index contributed by atoms with van der Waals surface area (Å²) in [4.78, 5) is 23.1. The zero-order valence-corrected chi connectivity index (χ0v) is 16.9. The van der Waals surface area contributed by atoms with Gasteiger partial charge in [0.15, 0.2) is 18.1 Å². The van der Waals surface area contributed by atoms with Crippen LogP contribution in [0.2, 0.25) is 5.02 Å². The zero-order chi connectivity index (χ0) is 20.7. The first-order valence-corrected chi connectivity index (χ1v) is 8.92. The first kappa shape index (κ1) is 21.3. The van der Waals surface area contributed by atoms with Crippen LogP contribution >= 0.6 is 27.5 Å². The molecule has 0 bridgehead atoms. The molecule has 0 unspecified atom stereocenters. The lowest BCUT2D eigenvalue weighted by Crippen LogP contribution is -2.13. The van der Waals surface area contributed by atoms with Crippen molar-refractivity contribution in [3.63, 3.8) is 0 Å². The highest BCUT2D eigenvalue weighted by atomic mass is 79.9. The third kappa shape index (κ3) is 5.74. The number of benzene rings is 2. The third-order valence-electron chi connectivity index (χ3n) is 3.35. The normalized spacial score (nSPS) is 10.7. The number of ether oxygens (including phenoxy) is 2. The molecule has 1 amide bonds. The SMILES string of the molecule is COc1cc(C=C(C#N)C(=O)Nc2cccc(Br)c2)cc(Cl)c1OCC(=O)O. The quantitative estimate of drug-likeness (QED) is 0.470. The number of aliphatic carboxylic acids is 1. The molecule has 0 aromatic heterocycles. The van der Waals surface area contributed by atoms with E-state index < -0.39 is 18.5 Å². The highest BCUT2D eigenvalue weighted by Gasteiger charge is 2.15. The second kappa shape index (κ2) is 9.78. The van der Waals surface area contributed by atoms with Gasteiger partial charge in [0.05, 0.1) is 12.1 Å². The monoisotopic (exact) mass is 464 g/mol. The Bertz CT molecular complexity index is 985. The summed E-state index contributed by atoms with van der Waals surface area (Å²) in [6, 6.07) is 11.7. The zero-order valence-electron chi connectivity index (χ0n) is 14.5. The Hall–Kier alpha value is -3.02. The third-order valence-corrected chi connectivity index (χ3v) is 4.12. The van der Waals surface area contributed by atoms with Crippen molar-refractivity contribution in [3.05, 3.63) is 57.0 Å². The summed E-state index contributed by atoms with van der Waals surface area (Å²) in [7, 11) is 1.36. The summed E-state index contributed by atoms with van der Waals surface area (Å²) >= 11 is 9.44. The second-order valence-electron chi connectivity index (χ2n) is 5.35. The number of amides is 1. The van der Waals surface area contributed by atoms with Crippen LogP contribution in [0, 0.1) is 11.3 Å². The molecule has 2 rings (SSSR count). The van der Waals surface area contributed by atoms with E-state index in [1.54, 1.807) is 24.3 Å². The van der Waals surface area contributed by atoms with E-state index in [9.17, 15) is 14.9 Å². The van der Waals surface area contributed by atoms with Crippen LogP contribution in [0.15, 0.2) is 46.4 Å². The molecule has 2 aromatic carbocycles. The minimum Gasteiger partial charge on any atom is -0.493 e. The van der Waals surface area contributed by atoms with Crippen LogP contribution in [0.3, 0.4) is 0 Å². The van der Waals surface area contributed by atoms with Crippen LogP contribution in [-0.2, 0) is 9.59 Å². The molecule has 0 saturated heterocycles. The summed E-state index contributed by atoms with van der Waals surface area (Å²) in [6.45, 7) is -0.593. The molecule has 0 spiro atoms. The van der Waals surface area contributed by atoms with Gasteiger partial charge in [0, 0.05) is 10.2 Å². The van der Waals surface area contributed by atoms with Gasteiger partial charge in [0.25, 0.3) is 5.91 Å². The smallest absolute Gasteiger partial charge is 0.341 e. The molecular formula is C19H14BrClN2O5. The number of carbonyl (C=O) groups is 2. The van der Waals surface area contributed by atoms with Crippen molar-refractivity contribution in [2.75, 3.05) is 19.0 Å². The number of nitriles is 1. The number of rotatable bonds is 7. The standard InChI is InChI=1S/C19H14BrClN2O5/c1-27-16-7-11(6-15(21)18(16)28-10-17(24)25)5-12(9-22)19(26)23-14-4-2-3-13(20)8-14/h2-8H,10H2,1H3,(H,23,26)(H,24,25). The van der Waals surface area contributed by atoms with Gasteiger partial charge in [0.1, 0.15) is 11.6 Å². The summed E-state index contributed by atoms with van der Waals surface area (Å²) in [5.41, 5.74) is 0.774. The lowest BCUT2D eigenvalue weighted by molar-refractivity contribution is -0.139. The molecule has 28 heavy (non-hydrogen) atoms. The first-order valence-electron chi connectivity index (χ1n) is 7.75. The van der Waals surface area contributed by atoms with Crippen LogP contribution in [0.25, 0.3) is 6.08 Å². The molecule has 0 aliphatic carbocycles. The number of nitrogens with zero attached hydrogens (tertiary/aromatic N) is 1. The van der Waals surface area contributed by atoms with Gasteiger partial charge >= 0.3 is 5.97 Å². The highest BCUT2D eigenvalue weighted by molar-refractivity contribution is 9.10. The Morgan fingerprint density at radius 2 is 2.11 bits per heavy atom. The number of halogens is 2. The van der Waals surface area contributed by atoms with Crippen LogP contribution in [-0.4, -0.2) is 30.7 Å². The molecule has 0 heterocycles. The molecule has 2 aromatic rings. The average Bonchev–Trinajstić information content (AvgIpc) is 2.64. The van der Waals surface area contributed by atoms with Gasteiger partial charge in [-0.1, -0.05) is 33.6 Å². The Kier molecular flexibility index (Phi) is 7.44. The summed E-state index contributed by atoms with van der Waals surface area (Å²) in [6.07, 6.45) is 1.34. The lowest BCUT2D eigenvalue weighted by atomic mass is 10.1. The maximum atomic E-state index is 12.4. The summed E-state index contributed by atoms with van der Waals surface area (Å²) in [5.74, 6) is -1.54. The Labute approximate surface area is 174 Å². The number of hydrogen-bond acceptors (Lipinski definition) is 5. The molecule has 0 fully saturated rings. The molecule has 2 N–H and O–H groups in total. The molecular weight excluding hydrogens is 452 g/mol. The number of hydrogen-bond donors (Lipinski definition) is 2. The van der Waals surface area contributed by atoms with Crippen molar-refractivity contribution in [1.82, 2.24) is 0 Å². The van der Waals surface area contributed by atoms with Crippen molar-refractivity contribution in [1.29, 1.82) is 5.26 Å². The molecule has 9 heteroatoms. The van der Waals surface area contributed by atoms with E-state index in [4.69, 9.17) is 26.2 Å². The summed E-state index contributed by atoms with van der Waals surface area (Å²) in [5, 5.41) is 20.8. The van der Waals surface area contributed by atoms with Gasteiger partial charge in [-0.3, -0.25) is 4.79 Å². The van der Waals surface area contributed by atoms with Gasteiger partial charge in [-0.2, -0.15) is 5.26 Å². The van der Waals surface area contributed by atoms with Crippen LogP contribution in [0.1, 0.15) is 5.56 Å². The minimum absolute atomic E-state index is 0.0563. The Morgan fingerprint density at radius 1 is 1.36 bits per heavy atom. The van der Waals surface area contributed by atoms with Crippen LogP contribution in [0.4, 0.5) is 5.69 Å². The topological polar surface area (TPSA) is 109 Å². The van der Waals surface area contributed by atoms with Gasteiger partial charge in [-0.25, -0.2) is 4.79 Å². The van der Waals surface area contributed by atoms with Gasteiger partial charge in [-0.15, -0.1) is 0 Å². The number of carbonyl (C=O) groups excluding carboxylic acids is 1. The van der Waals surface area contributed by atoms with Crippen molar-refractivity contribution >= 4 is 51.2 Å². The molecule has 0 atom stereocenters. The average molecular weight is 466 g/mol. The van der Waals surface area contributed by atoms with E-state index in [1.165, 1.54) is 25.3 Å². The largest absolute Gasteiger partial charge is 0.493 e. The predicted octanol–water partition coefficient (Wildman–Crippen LogP) is 4.12. The number of carboxylic acids is 1. The molecule has 0 radical (unpaired) electrons. The van der Waals surface area contributed by atoms with E-state index in [-0.39, 0.29) is 22.1 Å². The van der Waals surface area contributed by atoms with E-state index in [0.29, 0.717) is 11.3 Å². The first-order chi connectivity index (χ1) is 13.3. The van der Waals surface area contributed by atoms with Crippen molar-refractivity contribution < 1.29 is 24.2 Å². The Morgan fingerprint density at radius 3 is 2.71 bits per heavy atom. The van der Waals surface area contributed by atoms with Crippen molar-refractivity contribution in [2.24, 2.45) is 0 Å². The van der Waals surface area contributed by atoms with Crippen LogP contribution in [0.5, 0.6) is 11.5 Å². The predicted molar refractivity (Wildman–Crippen MR) is 107 cm³/mol. The highest BCUT2D eigenvalue weighted by Crippen LogP contribution is 2.37. The van der Waals surface area contributed by atoms with E-state index >= 15 is 0 Å². The van der Waals surface area contributed by atoms with Gasteiger partial charge in [-0.05, 0) is 42.0 Å². The number of carboxylic acid groups (broad SMARTS) is 1. The van der Waals surface area contributed by atoms with Crippen molar-refractivity contribution in [2.45, 2.75) is 0 Å². The van der Waals surface area contributed by atoms with Gasteiger partial charge < -0.3 is 19.9 Å². The molecule has 144 valence electrons. The maximum Gasteiger partial charge on any atom is 0.341 e. The fourth-order valence-electron chi connectivity index (χ4n) is 2.18. The fourth-order valence-corrected chi connectivity index (χ4v) is 2.85.